The summed E-state index contributed by atoms with van der Waals surface area (Å²) < 4.78 is 5.08. The zero-order chi connectivity index (χ0) is 16.7. The normalized spacial score (nSPS) is 32.7. The van der Waals surface area contributed by atoms with Crippen molar-refractivity contribution in [2.45, 2.75) is 44.6 Å². The van der Waals surface area contributed by atoms with Crippen molar-refractivity contribution in [3.63, 3.8) is 0 Å². The maximum atomic E-state index is 12.8. The highest BCUT2D eigenvalue weighted by Crippen LogP contribution is 2.45. The Kier molecular flexibility index (Phi) is 4.40. The van der Waals surface area contributed by atoms with E-state index in [2.05, 4.69) is 6.92 Å². The molecule has 6 nitrogen and oxygen atoms in total. The van der Waals surface area contributed by atoms with Gasteiger partial charge in [-0.2, -0.15) is 0 Å². The Labute approximate surface area is 137 Å². The summed E-state index contributed by atoms with van der Waals surface area (Å²) in [4.78, 5) is 29.0. The molecule has 0 aromatic heterocycles. The van der Waals surface area contributed by atoms with Gasteiger partial charge in [0.2, 0.25) is 11.8 Å². The van der Waals surface area contributed by atoms with Crippen molar-refractivity contribution in [3.05, 3.63) is 0 Å². The first-order valence-corrected chi connectivity index (χ1v) is 8.69. The van der Waals surface area contributed by atoms with Gasteiger partial charge in [-0.25, -0.2) is 0 Å². The molecule has 0 unspecified atom stereocenters. The van der Waals surface area contributed by atoms with Gasteiger partial charge >= 0.3 is 0 Å². The minimum absolute atomic E-state index is 0.000864. The summed E-state index contributed by atoms with van der Waals surface area (Å²) in [6.45, 7) is 5.12. The molecule has 2 heterocycles. The molecule has 6 heteroatoms. The van der Waals surface area contributed by atoms with Crippen molar-refractivity contribution in [2.75, 3.05) is 39.9 Å². The maximum Gasteiger partial charge on any atom is 0.231 e. The number of ether oxygens (including phenoxy) is 1. The zero-order valence-corrected chi connectivity index (χ0v) is 14.2. The molecule has 2 atom stereocenters. The summed E-state index contributed by atoms with van der Waals surface area (Å²) in [6, 6.07) is 0. The molecule has 3 aliphatic rings. The fourth-order valence-electron chi connectivity index (χ4n) is 4.29. The van der Waals surface area contributed by atoms with Crippen molar-refractivity contribution in [1.29, 1.82) is 0 Å². The van der Waals surface area contributed by atoms with Crippen molar-refractivity contribution in [2.24, 2.45) is 11.3 Å². The smallest absolute Gasteiger partial charge is 0.231 e. The van der Waals surface area contributed by atoms with E-state index >= 15 is 0 Å². The van der Waals surface area contributed by atoms with Gasteiger partial charge in [-0.15, -0.1) is 0 Å². The van der Waals surface area contributed by atoms with Gasteiger partial charge in [0.05, 0.1) is 24.0 Å². The molecule has 2 amide bonds. The minimum Gasteiger partial charge on any atom is -0.389 e. The summed E-state index contributed by atoms with van der Waals surface area (Å²) >= 11 is 0. The van der Waals surface area contributed by atoms with Gasteiger partial charge < -0.3 is 19.6 Å². The SMILES string of the molecule is COCCN1CC[C@]2(CN(C(=O)CC3(O)CCC3)C[C@H]2C)C1=O. The van der Waals surface area contributed by atoms with E-state index in [0.29, 0.717) is 26.2 Å². The molecule has 0 aromatic carbocycles. The van der Waals surface area contributed by atoms with E-state index in [1.807, 2.05) is 4.90 Å². The summed E-state index contributed by atoms with van der Waals surface area (Å²) in [5, 5.41) is 10.2. The van der Waals surface area contributed by atoms with Crippen LogP contribution in [-0.2, 0) is 14.3 Å². The van der Waals surface area contributed by atoms with Crippen LogP contribution in [0.15, 0.2) is 0 Å². The highest BCUT2D eigenvalue weighted by atomic mass is 16.5. The predicted octanol–water partition coefficient (Wildman–Crippen LogP) is 0.635. The van der Waals surface area contributed by atoms with Crippen LogP contribution >= 0.6 is 0 Å². The lowest BCUT2D eigenvalue weighted by molar-refractivity contribution is -0.141. The molecule has 2 saturated heterocycles. The van der Waals surface area contributed by atoms with E-state index < -0.39 is 11.0 Å². The molecule has 1 N–H and O–H groups in total. The third-order valence-corrected chi connectivity index (χ3v) is 6.13. The Morgan fingerprint density at radius 3 is 2.74 bits per heavy atom. The number of carbonyl (C=O) groups is 2. The number of aliphatic hydroxyl groups is 1. The number of likely N-dealkylation sites (tertiary alicyclic amines) is 2. The van der Waals surface area contributed by atoms with Gasteiger partial charge in [-0.3, -0.25) is 9.59 Å². The number of methoxy groups -OCH3 is 1. The first-order valence-electron chi connectivity index (χ1n) is 8.69. The van der Waals surface area contributed by atoms with Gasteiger partial charge in [0.25, 0.3) is 0 Å². The van der Waals surface area contributed by atoms with Gasteiger partial charge in [0.15, 0.2) is 0 Å². The third-order valence-electron chi connectivity index (χ3n) is 6.13. The molecule has 0 radical (unpaired) electrons. The summed E-state index contributed by atoms with van der Waals surface area (Å²) in [5.41, 5.74) is -1.22. The Hall–Kier alpha value is -1.14. The average molecular weight is 324 g/mol. The van der Waals surface area contributed by atoms with Crippen LogP contribution in [0.3, 0.4) is 0 Å². The maximum absolute atomic E-state index is 12.8. The van der Waals surface area contributed by atoms with Crippen LogP contribution in [0.25, 0.3) is 0 Å². The molecule has 2 aliphatic heterocycles. The van der Waals surface area contributed by atoms with Gasteiger partial charge in [-0.05, 0) is 31.6 Å². The Balaban J connectivity index is 1.64. The van der Waals surface area contributed by atoms with Gasteiger partial charge in [0.1, 0.15) is 0 Å². The van der Waals surface area contributed by atoms with Crippen molar-refractivity contribution in [1.82, 2.24) is 9.80 Å². The topological polar surface area (TPSA) is 70.1 Å². The number of rotatable bonds is 5. The minimum atomic E-state index is -0.791. The predicted molar refractivity (Wildman–Crippen MR) is 84.7 cm³/mol. The third kappa shape index (κ3) is 2.87. The van der Waals surface area contributed by atoms with Crippen LogP contribution in [0, 0.1) is 11.3 Å². The van der Waals surface area contributed by atoms with Crippen LogP contribution in [-0.4, -0.2) is 72.2 Å². The van der Waals surface area contributed by atoms with Crippen LogP contribution in [0.1, 0.15) is 39.0 Å². The fraction of sp³-hybridized carbons (Fsp3) is 0.882. The molecule has 1 spiro atoms. The lowest BCUT2D eigenvalue weighted by Gasteiger charge is -2.37. The van der Waals surface area contributed by atoms with Crippen LogP contribution in [0.2, 0.25) is 0 Å². The van der Waals surface area contributed by atoms with Crippen molar-refractivity contribution < 1.29 is 19.4 Å². The lowest BCUT2D eigenvalue weighted by atomic mass is 9.77. The van der Waals surface area contributed by atoms with E-state index in [4.69, 9.17) is 4.74 Å². The highest BCUT2D eigenvalue weighted by Gasteiger charge is 2.56. The van der Waals surface area contributed by atoms with E-state index in [1.54, 1.807) is 12.0 Å². The standard InChI is InChI=1S/C17H28N2O4/c1-13-11-19(14(20)10-16(22)4-3-5-16)12-17(13)6-7-18(15(17)21)8-9-23-2/h13,22H,3-12H2,1-2H3/t13-,17-/m1/s1. The number of carbonyl (C=O) groups excluding carboxylic acids is 2. The highest BCUT2D eigenvalue weighted by molar-refractivity contribution is 5.87. The number of amides is 2. The number of hydrogen-bond donors (Lipinski definition) is 1. The Morgan fingerprint density at radius 2 is 2.13 bits per heavy atom. The fourth-order valence-corrected chi connectivity index (χ4v) is 4.29. The molecule has 3 rings (SSSR count). The van der Waals surface area contributed by atoms with E-state index in [-0.39, 0.29) is 24.2 Å². The quantitative estimate of drug-likeness (QED) is 0.805. The monoisotopic (exact) mass is 324 g/mol. The summed E-state index contributed by atoms with van der Waals surface area (Å²) in [6.07, 6.45) is 3.45. The van der Waals surface area contributed by atoms with Crippen LogP contribution in [0.5, 0.6) is 0 Å². The number of hydrogen-bond acceptors (Lipinski definition) is 4. The molecule has 1 saturated carbocycles. The number of nitrogens with zero attached hydrogens (tertiary/aromatic N) is 2. The van der Waals surface area contributed by atoms with E-state index in [0.717, 1.165) is 32.2 Å². The summed E-state index contributed by atoms with van der Waals surface area (Å²) in [5.74, 6) is 0.335. The largest absolute Gasteiger partial charge is 0.389 e. The Bertz CT molecular complexity index is 491. The second-order valence-electron chi connectivity index (χ2n) is 7.62. The molecular weight excluding hydrogens is 296 g/mol. The van der Waals surface area contributed by atoms with Crippen LogP contribution in [0.4, 0.5) is 0 Å². The lowest BCUT2D eigenvalue weighted by Crippen LogP contribution is -2.44. The van der Waals surface area contributed by atoms with Crippen molar-refractivity contribution in [3.8, 4) is 0 Å². The van der Waals surface area contributed by atoms with Gasteiger partial charge in [0, 0.05) is 33.3 Å². The van der Waals surface area contributed by atoms with Crippen molar-refractivity contribution >= 4 is 11.8 Å². The van der Waals surface area contributed by atoms with E-state index in [9.17, 15) is 14.7 Å². The summed E-state index contributed by atoms with van der Waals surface area (Å²) in [7, 11) is 1.64. The average Bonchev–Trinajstić information content (AvgIpc) is 2.99. The molecule has 1 aliphatic carbocycles. The van der Waals surface area contributed by atoms with Crippen LogP contribution < -0.4 is 0 Å². The zero-order valence-electron chi connectivity index (χ0n) is 14.2. The second-order valence-corrected chi connectivity index (χ2v) is 7.62. The molecule has 3 fully saturated rings. The molecule has 0 bridgehead atoms. The van der Waals surface area contributed by atoms with E-state index in [1.165, 1.54) is 0 Å². The first kappa shape index (κ1) is 16.7. The molecular formula is C17H28N2O4. The Morgan fingerprint density at radius 1 is 1.39 bits per heavy atom. The molecule has 0 aromatic rings. The van der Waals surface area contributed by atoms with Gasteiger partial charge in [-0.1, -0.05) is 6.92 Å². The first-order chi connectivity index (χ1) is 10.9. The molecule has 23 heavy (non-hydrogen) atoms. The second kappa shape index (κ2) is 6.06. The molecule has 130 valence electrons.